The molecular weight excluding hydrogens is 276 g/mol. The topological polar surface area (TPSA) is 88.7 Å². The predicted molar refractivity (Wildman–Crippen MR) is 83.5 cm³/mol. The zero-order chi connectivity index (χ0) is 15.8. The quantitative estimate of drug-likeness (QED) is 0.668. The van der Waals surface area contributed by atoms with E-state index in [1.165, 1.54) is 6.20 Å². The van der Waals surface area contributed by atoms with Crippen LogP contribution in [0, 0.1) is 22.7 Å². The third-order valence-electron chi connectivity index (χ3n) is 2.77. The summed E-state index contributed by atoms with van der Waals surface area (Å²) in [5, 5.41) is 23.4. The molecule has 0 fully saturated rings. The Balaban J connectivity index is 2.09. The fourth-order valence-corrected chi connectivity index (χ4v) is 1.70. The first kappa shape index (κ1) is 14.8. The molecule has 0 heterocycles. The molecule has 0 aliphatic carbocycles. The molecule has 0 atom stereocenters. The van der Waals surface area contributed by atoms with Crippen molar-refractivity contribution in [2.24, 2.45) is 0 Å². The summed E-state index contributed by atoms with van der Waals surface area (Å²) in [6, 6.07) is 19.5. The van der Waals surface area contributed by atoms with Crippen molar-refractivity contribution in [1.82, 2.24) is 0 Å². The fourth-order valence-electron chi connectivity index (χ4n) is 1.70. The van der Waals surface area contributed by atoms with E-state index in [4.69, 9.17) is 10.5 Å². The van der Waals surface area contributed by atoms with E-state index in [-0.39, 0.29) is 5.57 Å². The largest absolute Gasteiger partial charge is 0.360 e. The Bertz CT molecular complexity index is 782. The van der Waals surface area contributed by atoms with Gasteiger partial charge in [0, 0.05) is 17.6 Å². The van der Waals surface area contributed by atoms with Crippen molar-refractivity contribution in [3.05, 3.63) is 71.9 Å². The molecule has 2 aromatic carbocycles. The summed E-state index contributed by atoms with van der Waals surface area (Å²) >= 11 is 0. The van der Waals surface area contributed by atoms with Gasteiger partial charge in [-0.15, -0.1) is 0 Å². The first-order valence-corrected chi connectivity index (χ1v) is 6.46. The molecule has 0 unspecified atom stereocenters. The number of para-hydroxylation sites is 1. The Morgan fingerprint density at radius 2 is 1.73 bits per heavy atom. The van der Waals surface area contributed by atoms with Crippen molar-refractivity contribution in [3.63, 3.8) is 0 Å². The summed E-state index contributed by atoms with van der Waals surface area (Å²) in [6.45, 7) is 0. The average molecular weight is 288 g/mol. The van der Waals surface area contributed by atoms with Crippen LogP contribution in [0.15, 0.2) is 66.4 Å². The number of hydrogen-bond donors (Lipinski definition) is 2. The minimum atomic E-state index is -0.502. The standard InChI is InChI=1S/C17H12N4O/c18-10-13-5-4-8-16(9-13)20-12-14(11-19)17(22)21-15-6-2-1-3-7-15/h1-9,12,20H,(H,21,22). The van der Waals surface area contributed by atoms with Crippen molar-refractivity contribution < 1.29 is 4.79 Å². The van der Waals surface area contributed by atoms with Crippen LogP contribution in [0.1, 0.15) is 5.56 Å². The van der Waals surface area contributed by atoms with Crippen LogP contribution in [-0.4, -0.2) is 5.91 Å². The zero-order valence-electron chi connectivity index (χ0n) is 11.6. The highest BCUT2D eigenvalue weighted by Crippen LogP contribution is 2.11. The number of rotatable bonds is 4. The number of nitrogens with zero attached hydrogens (tertiary/aromatic N) is 2. The van der Waals surface area contributed by atoms with Crippen LogP contribution in [-0.2, 0) is 4.79 Å². The van der Waals surface area contributed by atoms with E-state index in [9.17, 15) is 4.79 Å². The zero-order valence-corrected chi connectivity index (χ0v) is 11.6. The Morgan fingerprint density at radius 1 is 1.00 bits per heavy atom. The van der Waals surface area contributed by atoms with Crippen molar-refractivity contribution in [2.75, 3.05) is 10.6 Å². The molecule has 5 nitrogen and oxygen atoms in total. The van der Waals surface area contributed by atoms with E-state index in [1.54, 1.807) is 48.5 Å². The van der Waals surface area contributed by atoms with Crippen LogP contribution < -0.4 is 10.6 Å². The molecule has 0 aliphatic heterocycles. The Morgan fingerprint density at radius 3 is 2.41 bits per heavy atom. The van der Waals surface area contributed by atoms with Gasteiger partial charge in [-0.2, -0.15) is 10.5 Å². The molecule has 0 saturated heterocycles. The van der Waals surface area contributed by atoms with Crippen LogP contribution >= 0.6 is 0 Å². The van der Waals surface area contributed by atoms with Gasteiger partial charge in [0.15, 0.2) is 0 Å². The molecular formula is C17H12N4O. The highest BCUT2D eigenvalue weighted by molar-refractivity contribution is 6.06. The SMILES string of the molecule is N#CC(=CNc1cccc(C#N)c1)C(=O)Nc1ccccc1. The Hall–Kier alpha value is -3.57. The maximum atomic E-state index is 12.0. The van der Waals surface area contributed by atoms with Crippen LogP contribution in [0.3, 0.4) is 0 Å². The predicted octanol–water partition coefficient (Wildman–Crippen LogP) is 3.02. The second kappa shape index (κ2) is 7.28. The molecule has 0 spiro atoms. The van der Waals surface area contributed by atoms with Gasteiger partial charge in [-0.25, -0.2) is 0 Å². The Labute approximate surface area is 128 Å². The second-order valence-electron chi connectivity index (χ2n) is 4.33. The molecule has 0 radical (unpaired) electrons. The normalized spacial score (nSPS) is 10.2. The van der Waals surface area contributed by atoms with E-state index < -0.39 is 5.91 Å². The van der Waals surface area contributed by atoms with Crippen LogP contribution in [0.2, 0.25) is 0 Å². The smallest absolute Gasteiger partial charge is 0.267 e. The number of carbonyl (C=O) groups excluding carboxylic acids is 1. The molecule has 106 valence electrons. The van der Waals surface area contributed by atoms with E-state index in [2.05, 4.69) is 10.6 Å². The highest BCUT2D eigenvalue weighted by atomic mass is 16.1. The number of hydrogen-bond acceptors (Lipinski definition) is 4. The number of amides is 1. The third kappa shape index (κ3) is 3.96. The molecule has 2 rings (SSSR count). The van der Waals surface area contributed by atoms with Gasteiger partial charge in [0.1, 0.15) is 11.6 Å². The molecule has 0 saturated carbocycles. The minimum Gasteiger partial charge on any atom is -0.360 e. The summed E-state index contributed by atoms with van der Waals surface area (Å²) < 4.78 is 0. The molecule has 0 bridgehead atoms. The lowest BCUT2D eigenvalue weighted by atomic mass is 10.2. The molecule has 2 aromatic rings. The lowest BCUT2D eigenvalue weighted by Crippen LogP contribution is -2.14. The first-order chi connectivity index (χ1) is 10.7. The van der Waals surface area contributed by atoms with Crippen LogP contribution in [0.5, 0.6) is 0 Å². The first-order valence-electron chi connectivity index (χ1n) is 6.46. The lowest BCUT2D eigenvalue weighted by Gasteiger charge is -2.05. The second-order valence-corrected chi connectivity index (χ2v) is 4.33. The van der Waals surface area contributed by atoms with Gasteiger partial charge in [-0.05, 0) is 30.3 Å². The van der Waals surface area contributed by atoms with Crippen molar-refractivity contribution in [3.8, 4) is 12.1 Å². The number of nitrogens with one attached hydrogen (secondary N) is 2. The maximum absolute atomic E-state index is 12.0. The van der Waals surface area contributed by atoms with Gasteiger partial charge in [0.2, 0.25) is 0 Å². The molecule has 5 heteroatoms. The van der Waals surface area contributed by atoms with E-state index in [0.29, 0.717) is 16.9 Å². The minimum absolute atomic E-state index is 0.0637. The number of nitriles is 2. The summed E-state index contributed by atoms with van der Waals surface area (Å²) in [4.78, 5) is 12.0. The third-order valence-corrected chi connectivity index (χ3v) is 2.77. The number of anilines is 2. The fraction of sp³-hybridized carbons (Fsp3) is 0. The van der Waals surface area contributed by atoms with Gasteiger partial charge < -0.3 is 10.6 Å². The molecule has 2 N–H and O–H groups in total. The van der Waals surface area contributed by atoms with E-state index >= 15 is 0 Å². The maximum Gasteiger partial charge on any atom is 0.267 e. The summed E-state index contributed by atoms with van der Waals surface area (Å²) in [7, 11) is 0. The molecule has 0 aliphatic rings. The van der Waals surface area contributed by atoms with Gasteiger partial charge in [0.05, 0.1) is 11.6 Å². The lowest BCUT2D eigenvalue weighted by molar-refractivity contribution is -0.112. The van der Waals surface area contributed by atoms with E-state index in [0.717, 1.165) is 0 Å². The van der Waals surface area contributed by atoms with Crippen molar-refractivity contribution >= 4 is 17.3 Å². The van der Waals surface area contributed by atoms with Crippen LogP contribution in [0.4, 0.5) is 11.4 Å². The highest BCUT2D eigenvalue weighted by Gasteiger charge is 2.08. The molecule has 0 aromatic heterocycles. The summed E-state index contributed by atoms with van der Waals surface area (Å²) in [5.74, 6) is -0.502. The molecule has 1 amide bonds. The van der Waals surface area contributed by atoms with E-state index in [1.807, 2.05) is 18.2 Å². The van der Waals surface area contributed by atoms with Gasteiger partial charge in [0.25, 0.3) is 5.91 Å². The summed E-state index contributed by atoms with van der Waals surface area (Å²) in [6.07, 6.45) is 1.31. The summed E-state index contributed by atoms with van der Waals surface area (Å²) in [5.41, 5.74) is 1.66. The van der Waals surface area contributed by atoms with Gasteiger partial charge >= 0.3 is 0 Å². The molecule has 22 heavy (non-hydrogen) atoms. The average Bonchev–Trinajstić information content (AvgIpc) is 2.56. The number of carbonyl (C=O) groups is 1. The van der Waals surface area contributed by atoms with Gasteiger partial charge in [-0.1, -0.05) is 24.3 Å². The number of benzene rings is 2. The van der Waals surface area contributed by atoms with Crippen molar-refractivity contribution in [1.29, 1.82) is 10.5 Å². The van der Waals surface area contributed by atoms with Crippen molar-refractivity contribution in [2.45, 2.75) is 0 Å². The van der Waals surface area contributed by atoms with Crippen LogP contribution in [0.25, 0.3) is 0 Å². The Kier molecular flexibility index (Phi) is 4.90. The monoisotopic (exact) mass is 288 g/mol. The van der Waals surface area contributed by atoms with Gasteiger partial charge in [-0.3, -0.25) is 4.79 Å².